The van der Waals surface area contributed by atoms with Crippen molar-refractivity contribution in [1.82, 2.24) is 5.32 Å². The number of benzene rings is 1. The van der Waals surface area contributed by atoms with Crippen LogP contribution < -0.4 is 15.8 Å². The Labute approximate surface area is 140 Å². The first-order chi connectivity index (χ1) is 11.1. The fourth-order valence-electron chi connectivity index (χ4n) is 2.61. The van der Waals surface area contributed by atoms with Crippen molar-refractivity contribution in [3.05, 3.63) is 40.7 Å². The molecule has 0 bridgehead atoms. The summed E-state index contributed by atoms with van der Waals surface area (Å²) in [4.78, 5) is 12.2. The lowest BCUT2D eigenvalue weighted by molar-refractivity contribution is 0.0927. The van der Waals surface area contributed by atoms with Gasteiger partial charge in [-0.15, -0.1) is 0 Å². The second kappa shape index (κ2) is 8.89. The van der Waals surface area contributed by atoms with E-state index in [0.717, 1.165) is 25.7 Å². The Morgan fingerprint density at radius 1 is 1.39 bits per heavy atom. The number of ether oxygens (including phenoxy) is 1. The van der Waals surface area contributed by atoms with Crippen molar-refractivity contribution >= 4 is 17.5 Å². The molecule has 0 heterocycles. The van der Waals surface area contributed by atoms with E-state index in [2.05, 4.69) is 5.32 Å². The van der Waals surface area contributed by atoms with Crippen LogP contribution in [-0.4, -0.2) is 25.1 Å². The van der Waals surface area contributed by atoms with Crippen molar-refractivity contribution < 1.29 is 13.9 Å². The highest BCUT2D eigenvalue weighted by molar-refractivity contribution is 6.32. The van der Waals surface area contributed by atoms with E-state index in [1.165, 1.54) is 12.5 Å². The molecule has 0 aliphatic heterocycles. The van der Waals surface area contributed by atoms with Gasteiger partial charge in [-0.05, 0) is 37.1 Å². The van der Waals surface area contributed by atoms with Gasteiger partial charge in [-0.3, -0.25) is 4.79 Å². The lowest BCUT2D eigenvalue weighted by Crippen LogP contribution is -2.36. The fraction of sp³-hybridized carbons (Fsp3) is 0.471. The largest absolute Gasteiger partial charge is 0.485 e. The van der Waals surface area contributed by atoms with Gasteiger partial charge in [-0.25, -0.2) is 4.39 Å². The van der Waals surface area contributed by atoms with Gasteiger partial charge >= 0.3 is 0 Å². The molecule has 6 heteroatoms. The molecule has 1 aliphatic carbocycles. The van der Waals surface area contributed by atoms with Gasteiger partial charge in [-0.1, -0.05) is 30.9 Å². The molecule has 0 atom stereocenters. The summed E-state index contributed by atoms with van der Waals surface area (Å²) in [5, 5.41) is 3.31. The van der Waals surface area contributed by atoms with Crippen molar-refractivity contribution in [1.29, 1.82) is 0 Å². The maximum atomic E-state index is 13.2. The van der Waals surface area contributed by atoms with Crippen LogP contribution in [0.5, 0.6) is 5.75 Å². The van der Waals surface area contributed by atoms with E-state index in [1.54, 1.807) is 18.2 Å². The predicted molar refractivity (Wildman–Crippen MR) is 89.5 cm³/mol. The molecule has 1 aliphatic rings. The lowest BCUT2D eigenvalue weighted by Gasteiger charge is -2.22. The van der Waals surface area contributed by atoms with Crippen molar-refractivity contribution in [2.45, 2.75) is 38.1 Å². The summed E-state index contributed by atoms with van der Waals surface area (Å²) in [7, 11) is 0. The average Bonchev–Trinajstić information content (AvgIpc) is 2.55. The minimum atomic E-state index is -0.456. The summed E-state index contributed by atoms with van der Waals surface area (Å²) >= 11 is 6.11. The molecule has 0 spiro atoms. The van der Waals surface area contributed by atoms with E-state index in [4.69, 9.17) is 22.1 Å². The van der Waals surface area contributed by atoms with Crippen molar-refractivity contribution in [3.8, 4) is 5.75 Å². The highest BCUT2D eigenvalue weighted by Crippen LogP contribution is 2.26. The zero-order chi connectivity index (χ0) is 16.7. The Kier molecular flexibility index (Phi) is 6.86. The van der Waals surface area contributed by atoms with Crippen LogP contribution in [0.3, 0.4) is 0 Å². The van der Waals surface area contributed by atoms with Crippen LogP contribution >= 0.6 is 11.6 Å². The van der Waals surface area contributed by atoms with Crippen LogP contribution in [-0.2, 0) is 0 Å². The third kappa shape index (κ3) is 5.52. The number of hydrogen-bond acceptors (Lipinski definition) is 3. The van der Waals surface area contributed by atoms with Gasteiger partial charge in [0.15, 0.2) is 0 Å². The van der Waals surface area contributed by atoms with Gasteiger partial charge in [0.1, 0.15) is 18.2 Å². The minimum Gasteiger partial charge on any atom is -0.485 e. The molecule has 126 valence electrons. The number of hydrogen-bond donors (Lipinski definition) is 2. The summed E-state index contributed by atoms with van der Waals surface area (Å²) in [6.07, 6.45) is 6.82. The van der Waals surface area contributed by atoms with E-state index < -0.39 is 5.83 Å². The van der Waals surface area contributed by atoms with Crippen molar-refractivity contribution in [2.75, 3.05) is 13.2 Å². The fourth-order valence-corrected chi connectivity index (χ4v) is 2.84. The number of halogens is 2. The average molecular weight is 341 g/mol. The van der Waals surface area contributed by atoms with Gasteiger partial charge in [0.05, 0.1) is 5.02 Å². The zero-order valence-electron chi connectivity index (χ0n) is 13.0. The lowest BCUT2D eigenvalue weighted by atomic mass is 9.95. The number of nitrogens with one attached hydrogen (secondary N) is 1. The molecule has 0 aromatic heterocycles. The quantitative estimate of drug-likeness (QED) is 0.831. The van der Waals surface area contributed by atoms with E-state index in [9.17, 15) is 9.18 Å². The molecule has 3 N–H and O–H groups in total. The normalized spacial score (nSPS) is 16.2. The van der Waals surface area contributed by atoms with E-state index in [0.29, 0.717) is 11.3 Å². The number of rotatable bonds is 6. The number of nitrogens with two attached hydrogens (primary N) is 1. The Morgan fingerprint density at radius 3 is 2.78 bits per heavy atom. The SMILES string of the molecule is NC/C=C(/F)COc1ccc(C(=O)NC2CCCCC2)cc1Cl. The van der Waals surface area contributed by atoms with E-state index in [-0.39, 0.29) is 30.1 Å². The Balaban J connectivity index is 1.95. The highest BCUT2D eigenvalue weighted by Gasteiger charge is 2.17. The van der Waals surface area contributed by atoms with Crippen LogP contribution in [0.4, 0.5) is 4.39 Å². The second-order valence-electron chi connectivity index (χ2n) is 5.63. The molecular formula is C17H22ClFN2O2. The maximum Gasteiger partial charge on any atom is 0.251 e. The minimum absolute atomic E-state index is 0.114. The van der Waals surface area contributed by atoms with Gasteiger partial charge < -0.3 is 15.8 Å². The number of carbonyl (C=O) groups is 1. The van der Waals surface area contributed by atoms with Crippen LogP contribution in [0.2, 0.25) is 5.02 Å². The molecule has 2 rings (SSSR count). The predicted octanol–water partition coefficient (Wildman–Crippen LogP) is 3.59. The molecule has 1 amide bonds. The molecule has 1 saturated carbocycles. The summed E-state index contributed by atoms with van der Waals surface area (Å²) < 4.78 is 18.5. The van der Waals surface area contributed by atoms with Gasteiger partial charge in [0.2, 0.25) is 0 Å². The van der Waals surface area contributed by atoms with Gasteiger partial charge in [0.25, 0.3) is 5.91 Å². The third-order valence-corrected chi connectivity index (χ3v) is 4.13. The zero-order valence-corrected chi connectivity index (χ0v) is 13.7. The van der Waals surface area contributed by atoms with Gasteiger partial charge in [0, 0.05) is 18.2 Å². The third-order valence-electron chi connectivity index (χ3n) is 3.84. The molecule has 0 saturated heterocycles. The first-order valence-corrected chi connectivity index (χ1v) is 8.25. The Hall–Kier alpha value is -1.59. The summed E-state index contributed by atoms with van der Waals surface area (Å²) in [6.45, 7) is -0.117. The summed E-state index contributed by atoms with van der Waals surface area (Å²) in [5.74, 6) is -0.260. The van der Waals surface area contributed by atoms with E-state index >= 15 is 0 Å². The standard InChI is InChI=1S/C17H22ClFN2O2/c18-15-10-12(17(22)21-14-4-2-1-3-5-14)6-7-16(15)23-11-13(19)8-9-20/h6-8,10,14H,1-5,9,11,20H2,(H,21,22)/b13-8+. The van der Waals surface area contributed by atoms with Crippen LogP contribution in [0.15, 0.2) is 30.1 Å². The first-order valence-electron chi connectivity index (χ1n) is 7.88. The Bertz CT molecular complexity index is 572. The number of amides is 1. The van der Waals surface area contributed by atoms with Gasteiger partial charge in [-0.2, -0.15) is 0 Å². The summed E-state index contributed by atoms with van der Waals surface area (Å²) in [6, 6.07) is 4.98. The monoisotopic (exact) mass is 340 g/mol. The van der Waals surface area contributed by atoms with E-state index in [1.807, 2.05) is 0 Å². The topological polar surface area (TPSA) is 64.3 Å². The molecule has 1 aromatic rings. The van der Waals surface area contributed by atoms with Crippen LogP contribution in [0, 0.1) is 0 Å². The molecule has 0 unspecified atom stereocenters. The second-order valence-corrected chi connectivity index (χ2v) is 6.04. The van der Waals surface area contributed by atoms with Crippen molar-refractivity contribution in [2.24, 2.45) is 5.73 Å². The van der Waals surface area contributed by atoms with Crippen LogP contribution in [0.25, 0.3) is 0 Å². The van der Waals surface area contributed by atoms with Crippen LogP contribution in [0.1, 0.15) is 42.5 Å². The smallest absolute Gasteiger partial charge is 0.251 e. The molecule has 0 radical (unpaired) electrons. The Morgan fingerprint density at radius 2 is 2.13 bits per heavy atom. The maximum absolute atomic E-state index is 13.2. The first kappa shape index (κ1) is 17.8. The number of carbonyl (C=O) groups excluding carboxylic acids is 1. The molecule has 1 aromatic carbocycles. The highest BCUT2D eigenvalue weighted by atomic mass is 35.5. The molecule has 4 nitrogen and oxygen atoms in total. The van der Waals surface area contributed by atoms with Crippen molar-refractivity contribution in [3.63, 3.8) is 0 Å². The molecule has 23 heavy (non-hydrogen) atoms. The molecule has 1 fully saturated rings. The molecular weight excluding hydrogens is 319 g/mol. The summed E-state index contributed by atoms with van der Waals surface area (Å²) in [5.41, 5.74) is 5.69.